The van der Waals surface area contributed by atoms with Crippen molar-refractivity contribution in [3.63, 3.8) is 0 Å². The summed E-state index contributed by atoms with van der Waals surface area (Å²) < 4.78 is 25.8. The summed E-state index contributed by atoms with van der Waals surface area (Å²) in [7, 11) is -1.06. The molecule has 1 amide bonds. The smallest absolute Gasteiger partial charge is 0.246 e. The zero-order valence-corrected chi connectivity index (χ0v) is 13.3. The van der Waals surface area contributed by atoms with Crippen LogP contribution in [-0.2, 0) is 14.8 Å². The Morgan fingerprint density at radius 1 is 1.40 bits per heavy atom. The molecule has 0 heterocycles. The molecule has 9 heteroatoms. The van der Waals surface area contributed by atoms with Crippen molar-refractivity contribution < 1.29 is 13.2 Å². The minimum atomic E-state index is -3.88. The van der Waals surface area contributed by atoms with Gasteiger partial charge in [0.05, 0.1) is 10.7 Å². The molecule has 20 heavy (non-hydrogen) atoms. The van der Waals surface area contributed by atoms with Gasteiger partial charge in [0, 0.05) is 32.1 Å². The summed E-state index contributed by atoms with van der Waals surface area (Å²) in [5.41, 5.74) is 5.64. The van der Waals surface area contributed by atoms with E-state index in [1.165, 1.54) is 26.2 Å². The topological polar surface area (TPSA) is 92.5 Å². The van der Waals surface area contributed by atoms with Gasteiger partial charge >= 0.3 is 0 Å². The molecule has 0 radical (unpaired) electrons. The number of sulfonamides is 1. The standard InChI is InChI=1S/C11H15Cl2N3O3S/c1-15-10(17)3-4-16(2)20(18,19)11-8(13)5-7(12)6-9(11)14/h5-6H,3-4,14H2,1-2H3,(H,15,17). The lowest BCUT2D eigenvalue weighted by molar-refractivity contribution is -0.120. The van der Waals surface area contributed by atoms with Gasteiger partial charge in [-0.1, -0.05) is 23.2 Å². The molecule has 0 atom stereocenters. The van der Waals surface area contributed by atoms with E-state index < -0.39 is 10.0 Å². The summed E-state index contributed by atoms with van der Waals surface area (Å²) >= 11 is 11.7. The first-order chi connectivity index (χ1) is 9.20. The van der Waals surface area contributed by atoms with E-state index in [0.29, 0.717) is 0 Å². The number of hydrogen-bond acceptors (Lipinski definition) is 4. The third kappa shape index (κ3) is 3.76. The minimum Gasteiger partial charge on any atom is -0.398 e. The molecule has 0 spiro atoms. The highest BCUT2D eigenvalue weighted by Gasteiger charge is 2.26. The van der Waals surface area contributed by atoms with E-state index in [0.717, 1.165) is 4.31 Å². The van der Waals surface area contributed by atoms with Gasteiger partial charge in [-0.15, -0.1) is 0 Å². The van der Waals surface area contributed by atoms with Crippen LogP contribution >= 0.6 is 23.2 Å². The van der Waals surface area contributed by atoms with Crippen LogP contribution in [0.15, 0.2) is 17.0 Å². The number of carbonyl (C=O) groups excluding carboxylic acids is 1. The number of halogens is 2. The molecule has 1 aromatic rings. The maximum Gasteiger partial charge on any atom is 0.246 e. The fraction of sp³-hybridized carbons (Fsp3) is 0.364. The molecule has 0 aliphatic rings. The summed E-state index contributed by atoms with van der Waals surface area (Å²) in [6, 6.07) is 2.62. The van der Waals surface area contributed by atoms with E-state index in [2.05, 4.69) is 5.32 Å². The Labute approximate surface area is 127 Å². The van der Waals surface area contributed by atoms with Gasteiger partial charge in [-0.3, -0.25) is 4.79 Å². The first-order valence-electron chi connectivity index (χ1n) is 5.61. The zero-order valence-electron chi connectivity index (χ0n) is 11.0. The highest BCUT2D eigenvalue weighted by Crippen LogP contribution is 2.32. The monoisotopic (exact) mass is 339 g/mol. The number of hydrogen-bond donors (Lipinski definition) is 2. The van der Waals surface area contributed by atoms with Crippen molar-refractivity contribution in [2.45, 2.75) is 11.3 Å². The fourth-order valence-corrected chi connectivity index (χ4v) is 3.62. The van der Waals surface area contributed by atoms with Crippen molar-refractivity contribution in [2.75, 3.05) is 26.4 Å². The lowest BCUT2D eigenvalue weighted by Crippen LogP contribution is -2.32. The van der Waals surface area contributed by atoms with Gasteiger partial charge in [-0.2, -0.15) is 0 Å². The third-order valence-corrected chi connectivity index (χ3v) is 5.24. The number of nitrogens with zero attached hydrogens (tertiary/aromatic N) is 1. The molecule has 0 bridgehead atoms. The molecule has 0 saturated heterocycles. The first-order valence-corrected chi connectivity index (χ1v) is 7.81. The lowest BCUT2D eigenvalue weighted by atomic mass is 10.3. The van der Waals surface area contributed by atoms with E-state index in [1.54, 1.807) is 0 Å². The average molecular weight is 340 g/mol. The first kappa shape index (κ1) is 17.0. The largest absolute Gasteiger partial charge is 0.398 e. The van der Waals surface area contributed by atoms with Gasteiger partial charge in [-0.05, 0) is 12.1 Å². The minimum absolute atomic E-state index is 0.0143. The predicted octanol–water partition coefficient (Wildman–Crippen LogP) is 1.33. The molecule has 112 valence electrons. The molecule has 0 aliphatic carbocycles. The molecule has 0 aromatic heterocycles. The molecule has 0 aliphatic heterocycles. The number of anilines is 1. The Kier molecular flexibility index (Phi) is 5.64. The van der Waals surface area contributed by atoms with Crippen LogP contribution in [0.3, 0.4) is 0 Å². The summed E-state index contributed by atoms with van der Waals surface area (Å²) in [6.07, 6.45) is 0.0390. The van der Waals surface area contributed by atoms with Crippen molar-refractivity contribution in [3.05, 3.63) is 22.2 Å². The van der Waals surface area contributed by atoms with E-state index in [4.69, 9.17) is 28.9 Å². The Balaban J connectivity index is 3.08. The van der Waals surface area contributed by atoms with Crippen molar-refractivity contribution in [1.29, 1.82) is 0 Å². The van der Waals surface area contributed by atoms with Crippen LogP contribution in [0.4, 0.5) is 5.69 Å². The van der Waals surface area contributed by atoms with Gasteiger partial charge < -0.3 is 11.1 Å². The van der Waals surface area contributed by atoms with Crippen LogP contribution < -0.4 is 11.1 Å². The van der Waals surface area contributed by atoms with Crippen LogP contribution in [0, 0.1) is 0 Å². The zero-order chi connectivity index (χ0) is 15.5. The Morgan fingerprint density at radius 2 is 2.00 bits per heavy atom. The number of rotatable bonds is 5. The summed E-state index contributed by atoms with van der Waals surface area (Å²) in [4.78, 5) is 11.0. The second-order valence-electron chi connectivity index (χ2n) is 4.06. The molecule has 1 rings (SSSR count). The molecule has 1 aromatic carbocycles. The normalized spacial score (nSPS) is 11.7. The number of benzene rings is 1. The maximum absolute atomic E-state index is 12.4. The second-order valence-corrected chi connectivity index (χ2v) is 6.88. The Bertz CT molecular complexity index is 596. The van der Waals surface area contributed by atoms with Gasteiger partial charge in [-0.25, -0.2) is 12.7 Å². The molecular weight excluding hydrogens is 325 g/mol. The Morgan fingerprint density at radius 3 is 2.50 bits per heavy atom. The van der Waals surface area contributed by atoms with Gasteiger partial charge in [0.1, 0.15) is 4.90 Å². The summed E-state index contributed by atoms with van der Waals surface area (Å²) in [5, 5.41) is 2.61. The molecular formula is C11H15Cl2N3O3S. The molecule has 6 nitrogen and oxygen atoms in total. The average Bonchev–Trinajstić information content (AvgIpc) is 2.33. The number of carbonyl (C=O) groups is 1. The van der Waals surface area contributed by atoms with E-state index in [-0.39, 0.29) is 39.5 Å². The highest BCUT2D eigenvalue weighted by atomic mass is 35.5. The number of amides is 1. The van der Waals surface area contributed by atoms with Crippen molar-refractivity contribution >= 4 is 44.8 Å². The van der Waals surface area contributed by atoms with E-state index in [1.807, 2.05) is 0 Å². The number of nitrogens with two attached hydrogens (primary N) is 1. The Hall–Kier alpha value is -1.02. The lowest BCUT2D eigenvalue weighted by Gasteiger charge is -2.19. The second kappa shape index (κ2) is 6.62. The van der Waals surface area contributed by atoms with E-state index >= 15 is 0 Å². The predicted molar refractivity (Wildman–Crippen MR) is 79.4 cm³/mol. The van der Waals surface area contributed by atoms with Crippen LogP contribution in [0.25, 0.3) is 0 Å². The van der Waals surface area contributed by atoms with Crippen LogP contribution in [0.1, 0.15) is 6.42 Å². The van der Waals surface area contributed by atoms with Crippen LogP contribution in [-0.4, -0.2) is 39.3 Å². The maximum atomic E-state index is 12.4. The molecule has 0 unspecified atom stereocenters. The summed E-state index contributed by atoms with van der Waals surface area (Å²) in [6.45, 7) is 0.0143. The van der Waals surface area contributed by atoms with E-state index in [9.17, 15) is 13.2 Å². The quantitative estimate of drug-likeness (QED) is 0.791. The SMILES string of the molecule is CNC(=O)CCN(C)S(=O)(=O)c1c(N)cc(Cl)cc1Cl. The number of nitrogen functional groups attached to an aromatic ring is 1. The van der Waals surface area contributed by atoms with Crippen molar-refractivity contribution in [2.24, 2.45) is 0 Å². The number of nitrogens with one attached hydrogen (secondary N) is 1. The van der Waals surface area contributed by atoms with Crippen molar-refractivity contribution in [3.8, 4) is 0 Å². The third-order valence-electron chi connectivity index (χ3n) is 2.64. The van der Waals surface area contributed by atoms with Crippen LogP contribution in [0.2, 0.25) is 10.0 Å². The summed E-state index contributed by atoms with van der Waals surface area (Å²) in [5.74, 6) is -0.262. The highest BCUT2D eigenvalue weighted by molar-refractivity contribution is 7.89. The van der Waals surface area contributed by atoms with Crippen molar-refractivity contribution in [1.82, 2.24) is 9.62 Å². The molecule has 3 N–H and O–H groups in total. The molecule has 0 saturated carbocycles. The van der Waals surface area contributed by atoms with Crippen LogP contribution in [0.5, 0.6) is 0 Å². The van der Waals surface area contributed by atoms with Gasteiger partial charge in [0.2, 0.25) is 15.9 Å². The van der Waals surface area contributed by atoms with Gasteiger partial charge in [0.15, 0.2) is 0 Å². The molecule has 0 fully saturated rings. The van der Waals surface area contributed by atoms with Gasteiger partial charge in [0.25, 0.3) is 0 Å². The fourth-order valence-electron chi connectivity index (χ4n) is 1.51.